The quantitative estimate of drug-likeness (QED) is 0.858. The van der Waals surface area contributed by atoms with Crippen LogP contribution in [0.25, 0.3) is 0 Å². The van der Waals surface area contributed by atoms with Crippen LogP contribution in [0.4, 0.5) is 4.39 Å². The van der Waals surface area contributed by atoms with E-state index in [9.17, 15) is 9.50 Å². The van der Waals surface area contributed by atoms with Gasteiger partial charge in [-0.05, 0) is 25.1 Å². The summed E-state index contributed by atoms with van der Waals surface area (Å²) in [6.07, 6.45) is -0.472. The molecule has 0 heterocycles. The molecule has 0 spiro atoms. The summed E-state index contributed by atoms with van der Waals surface area (Å²) in [4.78, 5) is 0. The minimum absolute atomic E-state index is 0.285. The first-order valence-corrected chi connectivity index (χ1v) is 4.78. The number of rotatable bonds is 3. The van der Waals surface area contributed by atoms with Crippen molar-refractivity contribution in [2.75, 3.05) is 6.54 Å². The predicted octanol–water partition coefficient (Wildman–Crippen LogP) is 1.97. The van der Waals surface area contributed by atoms with Crippen molar-refractivity contribution in [3.8, 4) is 0 Å². The second kappa shape index (κ2) is 4.69. The highest BCUT2D eigenvalue weighted by Gasteiger charge is 2.14. The first kappa shape index (κ1) is 10.6. The predicted molar refractivity (Wildman–Crippen MR) is 52.7 cm³/mol. The molecule has 13 heavy (non-hydrogen) atoms. The summed E-state index contributed by atoms with van der Waals surface area (Å²) in [7, 11) is 0. The molecule has 2 nitrogen and oxygen atoms in total. The van der Waals surface area contributed by atoms with Crippen molar-refractivity contribution in [2.24, 2.45) is 5.73 Å². The lowest BCUT2D eigenvalue weighted by atomic mass is 10.1. The monoisotopic (exact) mass is 247 g/mol. The van der Waals surface area contributed by atoms with E-state index >= 15 is 0 Å². The van der Waals surface area contributed by atoms with Crippen LogP contribution in [0, 0.1) is 5.82 Å². The fraction of sp³-hybridized carbons (Fsp3) is 0.333. The summed E-state index contributed by atoms with van der Waals surface area (Å²) in [5.74, 6) is -0.407. The highest BCUT2D eigenvalue weighted by molar-refractivity contribution is 9.10. The third-order valence-electron chi connectivity index (χ3n) is 1.77. The van der Waals surface area contributed by atoms with Gasteiger partial charge in [0.15, 0.2) is 0 Å². The minimum atomic E-state index is -0.833. The van der Waals surface area contributed by atoms with Gasteiger partial charge in [0.25, 0.3) is 0 Å². The van der Waals surface area contributed by atoms with E-state index < -0.39 is 11.9 Å². The molecule has 1 rings (SSSR count). The van der Waals surface area contributed by atoms with Gasteiger partial charge in [0.2, 0.25) is 0 Å². The zero-order valence-electron chi connectivity index (χ0n) is 7.00. The van der Waals surface area contributed by atoms with Gasteiger partial charge in [0.1, 0.15) is 5.82 Å². The van der Waals surface area contributed by atoms with Gasteiger partial charge < -0.3 is 10.8 Å². The van der Waals surface area contributed by atoms with Crippen LogP contribution < -0.4 is 5.73 Å². The Balaban J connectivity index is 2.98. The fourth-order valence-electron chi connectivity index (χ4n) is 1.13. The van der Waals surface area contributed by atoms with Gasteiger partial charge in [-0.15, -0.1) is 0 Å². The summed E-state index contributed by atoms with van der Waals surface area (Å²) in [5, 5.41) is 9.53. The Morgan fingerprint density at radius 1 is 1.54 bits per heavy atom. The number of hydrogen-bond acceptors (Lipinski definition) is 2. The van der Waals surface area contributed by atoms with Crippen molar-refractivity contribution in [3.63, 3.8) is 0 Å². The first-order chi connectivity index (χ1) is 6.16. The molecule has 0 bridgehead atoms. The Hall–Kier alpha value is -0.450. The molecule has 0 saturated heterocycles. The average molecular weight is 248 g/mol. The summed E-state index contributed by atoms with van der Waals surface area (Å²) in [5.41, 5.74) is 5.55. The zero-order chi connectivity index (χ0) is 9.84. The van der Waals surface area contributed by atoms with E-state index in [1.54, 1.807) is 12.1 Å². The molecule has 0 amide bonds. The second-order valence-electron chi connectivity index (χ2n) is 2.73. The Morgan fingerprint density at radius 2 is 2.23 bits per heavy atom. The van der Waals surface area contributed by atoms with Crippen molar-refractivity contribution < 1.29 is 9.50 Å². The molecule has 0 radical (unpaired) electrons. The van der Waals surface area contributed by atoms with Crippen molar-refractivity contribution in [1.82, 2.24) is 0 Å². The molecule has 1 aromatic carbocycles. The van der Waals surface area contributed by atoms with Crippen LogP contribution in [0.15, 0.2) is 22.7 Å². The largest absolute Gasteiger partial charge is 0.388 e. The molecule has 0 aliphatic carbocycles. The zero-order valence-corrected chi connectivity index (χ0v) is 8.59. The number of halogens is 2. The van der Waals surface area contributed by atoms with Gasteiger partial charge in [-0.25, -0.2) is 4.39 Å². The molecular weight excluding hydrogens is 237 g/mol. The first-order valence-electron chi connectivity index (χ1n) is 3.99. The van der Waals surface area contributed by atoms with Gasteiger partial charge >= 0.3 is 0 Å². The molecule has 4 heteroatoms. The number of benzene rings is 1. The SMILES string of the molecule is NCC[C@H](O)c1c(F)cccc1Br. The standard InChI is InChI=1S/C9H11BrFNO/c10-6-2-1-3-7(11)9(6)8(13)4-5-12/h1-3,8,13H,4-5,12H2/t8-/m0/s1. The molecule has 3 N–H and O–H groups in total. The molecule has 1 aromatic rings. The highest BCUT2D eigenvalue weighted by atomic mass is 79.9. The van der Waals surface area contributed by atoms with E-state index in [4.69, 9.17) is 5.73 Å². The molecule has 0 fully saturated rings. The van der Waals surface area contributed by atoms with E-state index in [0.29, 0.717) is 17.4 Å². The average Bonchev–Trinajstić information content (AvgIpc) is 2.04. The van der Waals surface area contributed by atoms with E-state index in [-0.39, 0.29) is 5.56 Å². The number of nitrogens with two attached hydrogens (primary N) is 1. The second-order valence-corrected chi connectivity index (χ2v) is 3.58. The lowest BCUT2D eigenvalue weighted by molar-refractivity contribution is 0.165. The van der Waals surface area contributed by atoms with Gasteiger partial charge in [0, 0.05) is 10.0 Å². The van der Waals surface area contributed by atoms with Crippen LogP contribution in [0.5, 0.6) is 0 Å². The fourth-order valence-corrected chi connectivity index (χ4v) is 1.74. The number of aliphatic hydroxyl groups is 1. The maximum absolute atomic E-state index is 13.2. The van der Waals surface area contributed by atoms with Crippen LogP contribution in [0.2, 0.25) is 0 Å². The van der Waals surface area contributed by atoms with Crippen LogP contribution >= 0.6 is 15.9 Å². The van der Waals surface area contributed by atoms with Crippen molar-refractivity contribution in [3.05, 3.63) is 34.1 Å². The van der Waals surface area contributed by atoms with E-state index in [0.717, 1.165) is 0 Å². The molecule has 1 atom stereocenters. The molecule has 0 aliphatic heterocycles. The maximum Gasteiger partial charge on any atom is 0.130 e. The topological polar surface area (TPSA) is 46.2 Å². The van der Waals surface area contributed by atoms with Crippen LogP contribution in [0.1, 0.15) is 18.1 Å². The molecule has 0 saturated carbocycles. The summed E-state index contributed by atoms with van der Waals surface area (Å²) >= 11 is 3.18. The van der Waals surface area contributed by atoms with E-state index in [2.05, 4.69) is 15.9 Å². The van der Waals surface area contributed by atoms with Crippen LogP contribution in [-0.4, -0.2) is 11.7 Å². The lowest BCUT2D eigenvalue weighted by Crippen LogP contribution is -2.08. The van der Waals surface area contributed by atoms with Crippen molar-refractivity contribution in [1.29, 1.82) is 0 Å². The van der Waals surface area contributed by atoms with Crippen molar-refractivity contribution >= 4 is 15.9 Å². The maximum atomic E-state index is 13.2. The molecule has 72 valence electrons. The number of hydrogen-bond donors (Lipinski definition) is 2. The van der Waals surface area contributed by atoms with Gasteiger partial charge in [-0.3, -0.25) is 0 Å². The van der Waals surface area contributed by atoms with E-state index in [1.807, 2.05) is 0 Å². The Bertz CT molecular complexity index is 273. The third kappa shape index (κ3) is 2.49. The van der Waals surface area contributed by atoms with Crippen molar-refractivity contribution in [2.45, 2.75) is 12.5 Å². The Labute approximate surface area is 84.7 Å². The normalized spacial score (nSPS) is 12.9. The lowest BCUT2D eigenvalue weighted by Gasteiger charge is -2.12. The molecule has 0 aliphatic rings. The Kier molecular flexibility index (Phi) is 3.84. The molecular formula is C9H11BrFNO. The van der Waals surface area contributed by atoms with Gasteiger partial charge in [-0.2, -0.15) is 0 Å². The third-order valence-corrected chi connectivity index (χ3v) is 2.46. The smallest absolute Gasteiger partial charge is 0.130 e. The van der Waals surface area contributed by atoms with Crippen LogP contribution in [0.3, 0.4) is 0 Å². The van der Waals surface area contributed by atoms with Crippen LogP contribution in [-0.2, 0) is 0 Å². The highest BCUT2D eigenvalue weighted by Crippen LogP contribution is 2.27. The molecule has 0 unspecified atom stereocenters. The summed E-state index contributed by atoms with van der Waals surface area (Å²) < 4.78 is 13.8. The minimum Gasteiger partial charge on any atom is -0.388 e. The van der Waals surface area contributed by atoms with E-state index in [1.165, 1.54) is 6.07 Å². The Morgan fingerprint density at radius 3 is 2.77 bits per heavy atom. The summed E-state index contributed by atoms with van der Waals surface area (Å²) in [6, 6.07) is 4.59. The number of aliphatic hydroxyl groups excluding tert-OH is 1. The van der Waals surface area contributed by atoms with Gasteiger partial charge in [0.05, 0.1) is 6.10 Å². The summed E-state index contributed by atoms with van der Waals surface area (Å²) in [6.45, 7) is 0.335. The van der Waals surface area contributed by atoms with Gasteiger partial charge in [-0.1, -0.05) is 22.0 Å². The molecule has 0 aromatic heterocycles.